The molecule has 374 valence electrons. The van der Waals surface area contributed by atoms with Gasteiger partial charge in [-0.25, -0.2) is 0 Å². The number of hydrogen-bond donors (Lipinski definition) is 12. The van der Waals surface area contributed by atoms with Gasteiger partial charge in [-0.2, -0.15) is 0 Å². The van der Waals surface area contributed by atoms with E-state index in [1.165, 1.54) is 0 Å². The quantitative estimate of drug-likeness (QED) is 0.104. The number of fused-ring (bicyclic) bond motifs is 7. The van der Waals surface area contributed by atoms with Gasteiger partial charge in [0.15, 0.2) is 24.7 Å². The molecule has 5 saturated heterocycles. The fourth-order valence-electron chi connectivity index (χ4n) is 14.8. The first-order valence-corrected chi connectivity index (χ1v) is 24.0. The minimum absolute atomic E-state index is 0.0310. The van der Waals surface area contributed by atoms with Crippen molar-refractivity contribution in [1.82, 2.24) is 0 Å². The predicted octanol–water partition coefficient (Wildman–Crippen LogP) is -2.79. The second-order valence-electron chi connectivity index (χ2n) is 21.8. The van der Waals surface area contributed by atoms with Crippen LogP contribution in [0.2, 0.25) is 0 Å². The van der Waals surface area contributed by atoms with Crippen molar-refractivity contribution < 1.29 is 99.2 Å². The highest BCUT2D eigenvalue weighted by Gasteiger charge is 2.70. The average molecular weight is 935 g/mol. The lowest BCUT2D eigenvalue weighted by atomic mass is 9.43. The summed E-state index contributed by atoms with van der Waals surface area (Å²) < 4.78 is 48.2. The van der Waals surface area contributed by atoms with Crippen molar-refractivity contribution in [2.24, 2.45) is 52.3 Å². The van der Waals surface area contributed by atoms with Gasteiger partial charge in [-0.1, -0.05) is 27.7 Å². The summed E-state index contributed by atoms with van der Waals surface area (Å²) in [7, 11) is 0. The fraction of sp³-hybridized carbons (Fsp3) is 1.00. The molecule has 5 heterocycles. The molecule has 0 unspecified atom stereocenters. The number of hydrogen-bond acceptors (Lipinski definition) is 20. The molecule has 0 amide bonds. The van der Waals surface area contributed by atoms with Crippen LogP contribution in [-0.2, 0) is 37.9 Å². The van der Waals surface area contributed by atoms with Gasteiger partial charge in [0.25, 0.3) is 0 Å². The summed E-state index contributed by atoms with van der Waals surface area (Å²) in [5, 5.41) is 130. The predicted molar refractivity (Wildman–Crippen MR) is 218 cm³/mol. The van der Waals surface area contributed by atoms with Gasteiger partial charge < -0.3 is 99.2 Å². The maximum atomic E-state index is 12.1. The highest BCUT2D eigenvalue weighted by Crippen LogP contribution is 2.71. The van der Waals surface area contributed by atoms with Gasteiger partial charge in [-0.15, -0.1) is 0 Å². The first-order chi connectivity index (χ1) is 30.8. The lowest BCUT2D eigenvalue weighted by Gasteiger charge is -2.63. The second kappa shape index (κ2) is 18.4. The Hall–Kier alpha value is -0.800. The zero-order valence-electron chi connectivity index (χ0n) is 37.6. The van der Waals surface area contributed by atoms with Gasteiger partial charge in [0.1, 0.15) is 73.2 Å². The molecule has 20 nitrogen and oxygen atoms in total. The van der Waals surface area contributed by atoms with E-state index in [0.717, 1.165) is 32.1 Å². The summed E-state index contributed by atoms with van der Waals surface area (Å²) >= 11 is 0. The zero-order valence-corrected chi connectivity index (χ0v) is 37.6. The summed E-state index contributed by atoms with van der Waals surface area (Å²) in [4.78, 5) is 0. The molecule has 4 saturated carbocycles. The molecule has 9 rings (SSSR count). The van der Waals surface area contributed by atoms with E-state index in [-0.39, 0.29) is 41.6 Å². The van der Waals surface area contributed by atoms with Crippen molar-refractivity contribution in [3.8, 4) is 0 Å². The standard InChI is InChI=1S/C45H74O20/c1-17-5-8-45(58-16-17)18(2)30-26(65-45)10-21-19-9-23(49)22-11-25(24(50)12-44(22,4)20(19)6-7-43(21,30)3)59-42-37(57)39(32(52)28(14-47)61-42)64-41-36(56)34(54)38(29(15-48)62-41)63-40-35(55)33(53)31(51)27(13-46)60-40/h17-42,46-57H,5-16H2,1-4H3/t17-,18+,19-,20+,21-,22-,23-,24-,25-,26-,27-,28-,29-,30-,31+,32-,33+,34-,35-,36-,37-,38-,39+,40-,41+,42-,43+,44-,45-/m1/s1. The Morgan fingerprint density at radius 1 is 0.554 bits per heavy atom. The third-order valence-electron chi connectivity index (χ3n) is 18.3. The van der Waals surface area contributed by atoms with Gasteiger partial charge in [-0.3, -0.25) is 0 Å². The number of ether oxygens (including phenoxy) is 8. The van der Waals surface area contributed by atoms with Gasteiger partial charge in [0.05, 0.1) is 50.8 Å². The molecule has 29 atom stereocenters. The molecule has 9 fully saturated rings. The largest absolute Gasteiger partial charge is 0.394 e. The van der Waals surface area contributed by atoms with Crippen molar-refractivity contribution in [3.05, 3.63) is 0 Å². The fourth-order valence-corrected chi connectivity index (χ4v) is 14.8. The van der Waals surface area contributed by atoms with Crippen LogP contribution in [0.5, 0.6) is 0 Å². The van der Waals surface area contributed by atoms with E-state index in [4.69, 9.17) is 37.9 Å². The van der Waals surface area contributed by atoms with Crippen LogP contribution in [0, 0.1) is 52.3 Å². The Morgan fingerprint density at radius 2 is 1.17 bits per heavy atom. The first kappa shape index (κ1) is 49.2. The Morgan fingerprint density at radius 3 is 1.82 bits per heavy atom. The average Bonchev–Trinajstić information content (AvgIpc) is 3.73. The molecule has 0 aromatic rings. The Labute approximate surface area is 378 Å². The SMILES string of the molecule is C[C@@H]1CC[C@@]2(OC1)O[C@@H]1C[C@@H]3[C@@H]4C[C@@H](O)[C@H]5C[C@@H](O[C@@H]6O[C@H](CO)[C@@H](O)[C@H](O[C@@H]7O[C@H](CO)[C@@H](O[C@H]8O[C@H](CO)[C@H](O)[C@H](O)[C@H]8O)[C@H](O)[C@H]7O)[C@H]6O)[C@H](O)C[C@]5(C)[C@H]4CC[C@]3(C)[C@@H]1[C@@H]2C. The molecule has 0 bridgehead atoms. The van der Waals surface area contributed by atoms with Gasteiger partial charge in [-0.05, 0) is 91.3 Å². The van der Waals surface area contributed by atoms with Crippen molar-refractivity contribution in [3.63, 3.8) is 0 Å². The highest BCUT2D eigenvalue weighted by atomic mass is 16.8. The normalized spacial score (nSPS) is 59.1. The molecule has 9 aliphatic rings. The molecular formula is C45H74O20. The Bertz CT molecular complexity index is 1630. The van der Waals surface area contributed by atoms with Crippen LogP contribution in [0.1, 0.15) is 79.1 Å². The summed E-state index contributed by atoms with van der Waals surface area (Å²) in [6.07, 6.45) is -22.1. The maximum Gasteiger partial charge on any atom is 0.187 e. The van der Waals surface area contributed by atoms with E-state index in [0.29, 0.717) is 37.2 Å². The van der Waals surface area contributed by atoms with E-state index in [1.807, 2.05) is 0 Å². The highest BCUT2D eigenvalue weighted by molar-refractivity contribution is 5.17. The number of aliphatic hydroxyl groups is 12. The van der Waals surface area contributed by atoms with Crippen LogP contribution >= 0.6 is 0 Å². The van der Waals surface area contributed by atoms with Gasteiger partial charge in [0.2, 0.25) is 0 Å². The molecule has 5 aliphatic heterocycles. The van der Waals surface area contributed by atoms with E-state index < -0.39 is 141 Å². The van der Waals surface area contributed by atoms with Crippen LogP contribution in [0.3, 0.4) is 0 Å². The van der Waals surface area contributed by atoms with Crippen molar-refractivity contribution in [2.45, 2.75) is 201 Å². The van der Waals surface area contributed by atoms with E-state index >= 15 is 0 Å². The molecular weight excluding hydrogens is 860 g/mol. The van der Waals surface area contributed by atoms with Gasteiger partial charge >= 0.3 is 0 Å². The molecule has 4 aliphatic carbocycles. The Balaban J connectivity index is 0.855. The monoisotopic (exact) mass is 934 g/mol. The van der Waals surface area contributed by atoms with E-state index in [1.54, 1.807) is 0 Å². The molecule has 65 heavy (non-hydrogen) atoms. The first-order valence-electron chi connectivity index (χ1n) is 24.0. The summed E-state index contributed by atoms with van der Waals surface area (Å²) in [5.74, 6) is 1.19. The second-order valence-corrected chi connectivity index (χ2v) is 21.8. The molecule has 0 aromatic heterocycles. The smallest absolute Gasteiger partial charge is 0.187 e. The molecule has 0 aromatic carbocycles. The molecule has 20 heteroatoms. The Kier molecular flexibility index (Phi) is 13.9. The van der Waals surface area contributed by atoms with Crippen LogP contribution < -0.4 is 0 Å². The minimum Gasteiger partial charge on any atom is -0.394 e. The van der Waals surface area contributed by atoms with Crippen LogP contribution in [-0.4, -0.2) is 210 Å². The summed E-state index contributed by atoms with van der Waals surface area (Å²) in [6.45, 7) is 7.48. The number of rotatable bonds is 9. The van der Waals surface area contributed by atoms with E-state index in [9.17, 15) is 61.3 Å². The van der Waals surface area contributed by atoms with Crippen molar-refractivity contribution >= 4 is 0 Å². The molecule has 0 radical (unpaired) electrons. The van der Waals surface area contributed by atoms with E-state index in [2.05, 4.69) is 27.7 Å². The summed E-state index contributed by atoms with van der Waals surface area (Å²) in [5.41, 5.74) is -0.398. The third kappa shape index (κ3) is 8.08. The van der Waals surface area contributed by atoms with Crippen molar-refractivity contribution in [2.75, 3.05) is 26.4 Å². The zero-order chi connectivity index (χ0) is 46.7. The van der Waals surface area contributed by atoms with Crippen molar-refractivity contribution in [1.29, 1.82) is 0 Å². The number of aliphatic hydroxyl groups excluding tert-OH is 12. The maximum absolute atomic E-state index is 12.1. The molecule has 12 N–H and O–H groups in total. The van der Waals surface area contributed by atoms with Gasteiger partial charge in [0, 0.05) is 12.3 Å². The summed E-state index contributed by atoms with van der Waals surface area (Å²) in [6, 6.07) is 0. The molecule has 1 spiro atoms. The third-order valence-corrected chi connectivity index (χ3v) is 18.3. The topological polar surface area (TPSA) is 317 Å². The lowest BCUT2D eigenvalue weighted by Crippen LogP contribution is -2.67. The van der Waals surface area contributed by atoms with Crippen LogP contribution in [0.4, 0.5) is 0 Å². The van der Waals surface area contributed by atoms with Crippen LogP contribution in [0.25, 0.3) is 0 Å². The lowest BCUT2D eigenvalue weighted by molar-refractivity contribution is -0.383. The van der Waals surface area contributed by atoms with Crippen LogP contribution in [0.15, 0.2) is 0 Å². The minimum atomic E-state index is -1.99.